The van der Waals surface area contributed by atoms with Crippen molar-refractivity contribution < 1.29 is 27.5 Å². The molecule has 0 spiro atoms. The van der Waals surface area contributed by atoms with Crippen molar-refractivity contribution in [3.05, 3.63) is 88.4 Å². The number of hydrazone groups is 1. The number of amides is 2. The SMILES string of the molecule is O=C(CN(c1cccc(Cl)c1)S(=O)(=O)c1ccc(Cl)cc1)N/N=C\c1ccc(OCC(=O)N2CCOCC2)cc1. The first-order chi connectivity index (χ1) is 19.2. The molecule has 0 aliphatic carbocycles. The van der Waals surface area contributed by atoms with Crippen molar-refractivity contribution in [1.29, 1.82) is 0 Å². The van der Waals surface area contributed by atoms with E-state index < -0.39 is 22.5 Å². The molecule has 0 radical (unpaired) electrons. The van der Waals surface area contributed by atoms with Crippen LogP contribution in [-0.2, 0) is 24.3 Å². The van der Waals surface area contributed by atoms with Crippen LogP contribution in [0.3, 0.4) is 0 Å². The Bertz CT molecular complexity index is 1460. The Morgan fingerprint density at radius 2 is 1.70 bits per heavy atom. The van der Waals surface area contributed by atoms with Crippen LogP contribution >= 0.6 is 23.2 Å². The summed E-state index contributed by atoms with van der Waals surface area (Å²) >= 11 is 12.0. The first-order valence-corrected chi connectivity index (χ1v) is 14.4. The molecule has 1 aliphatic heterocycles. The van der Waals surface area contributed by atoms with Crippen LogP contribution < -0.4 is 14.5 Å². The third-order valence-corrected chi connectivity index (χ3v) is 8.07. The monoisotopic (exact) mass is 604 g/mol. The van der Waals surface area contributed by atoms with E-state index in [1.807, 2.05) is 0 Å². The van der Waals surface area contributed by atoms with Crippen molar-refractivity contribution in [3.8, 4) is 5.75 Å². The number of hydrogen-bond donors (Lipinski definition) is 1. The highest BCUT2D eigenvalue weighted by Crippen LogP contribution is 2.26. The Balaban J connectivity index is 1.37. The Kier molecular flexibility index (Phi) is 9.99. The number of benzene rings is 3. The van der Waals surface area contributed by atoms with Crippen LogP contribution in [-0.4, -0.2) is 70.8 Å². The molecule has 40 heavy (non-hydrogen) atoms. The second kappa shape index (κ2) is 13.6. The number of carbonyl (C=O) groups excluding carboxylic acids is 2. The second-order valence-electron chi connectivity index (χ2n) is 8.59. The van der Waals surface area contributed by atoms with Crippen LogP contribution in [0.5, 0.6) is 5.75 Å². The smallest absolute Gasteiger partial charge is 0.264 e. The van der Waals surface area contributed by atoms with E-state index in [2.05, 4.69) is 10.5 Å². The number of halogens is 2. The lowest BCUT2D eigenvalue weighted by Crippen LogP contribution is -2.42. The topological polar surface area (TPSA) is 118 Å². The number of nitrogens with zero attached hydrogens (tertiary/aromatic N) is 3. The summed E-state index contributed by atoms with van der Waals surface area (Å²) in [5.41, 5.74) is 3.21. The minimum absolute atomic E-state index is 0.0397. The van der Waals surface area contributed by atoms with Gasteiger partial charge in [-0.2, -0.15) is 5.10 Å². The quantitative estimate of drug-likeness (QED) is 0.279. The van der Waals surface area contributed by atoms with Crippen LogP contribution in [0.1, 0.15) is 5.56 Å². The zero-order valence-corrected chi connectivity index (χ0v) is 23.5. The normalized spacial score (nSPS) is 13.7. The number of ether oxygens (including phenoxy) is 2. The highest BCUT2D eigenvalue weighted by atomic mass is 35.5. The molecule has 0 unspecified atom stereocenters. The molecule has 0 bridgehead atoms. The van der Waals surface area contributed by atoms with E-state index in [4.69, 9.17) is 32.7 Å². The lowest BCUT2D eigenvalue weighted by atomic mass is 10.2. The maximum atomic E-state index is 13.4. The van der Waals surface area contributed by atoms with E-state index in [1.54, 1.807) is 41.3 Å². The van der Waals surface area contributed by atoms with E-state index in [0.29, 0.717) is 47.7 Å². The van der Waals surface area contributed by atoms with Gasteiger partial charge in [-0.25, -0.2) is 13.8 Å². The molecule has 1 heterocycles. The van der Waals surface area contributed by atoms with Crippen molar-refractivity contribution in [2.45, 2.75) is 4.90 Å². The fraction of sp³-hybridized carbons (Fsp3) is 0.222. The Morgan fingerprint density at radius 1 is 1.00 bits per heavy atom. The molecular weight excluding hydrogens is 579 g/mol. The summed E-state index contributed by atoms with van der Waals surface area (Å²) in [6.45, 7) is 1.51. The zero-order chi connectivity index (χ0) is 28.5. The first-order valence-electron chi connectivity index (χ1n) is 12.2. The van der Waals surface area contributed by atoms with Crippen LogP contribution in [0.15, 0.2) is 82.8 Å². The van der Waals surface area contributed by atoms with Gasteiger partial charge in [-0.15, -0.1) is 0 Å². The number of carbonyl (C=O) groups is 2. The van der Waals surface area contributed by atoms with E-state index >= 15 is 0 Å². The molecule has 3 aromatic rings. The molecular formula is C27H26Cl2N4O6S. The summed E-state index contributed by atoms with van der Waals surface area (Å²) in [7, 11) is -4.13. The fourth-order valence-electron chi connectivity index (χ4n) is 3.72. The van der Waals surface area contributed by atoms with E-state index in [-0.39, 0.29) is 23.1 Å². The van der Waals surface area contributed by atoms with Gasteiger partial charge in [-0.1, -0.05) is 29.3 Å². The van der Waals surface area contributed by atoms with Crippen molar-refractivity contribution in [3.63, 3.8) is 0 Å². The van der Waals surface area contributed by atoms with Crippen LogP contribution in [0.25, 0.3) is 0 Å². The van der Waals surface area contributed by atoms with Gasteiger partial charge in [0.25, 0.3) is 21.8 Å². The summed E-state index contributed by atoms with van der Waals surface area (Å²) in [6.07, 6.45) is 1.40. The lowest BCUT2D eigenvalue weighted by Gasteiger charge is -2.26. The maximum absolute atomic E-state index is 13.4. The number of hydrogen-bond acceptors (Lipinski definition) is 7. The number of rotatable bonds is 10. The van der Waals surface area contributed by atoms with E-state index in [0.717, 1.165) is 4.31 Å². The zero-order valence-electron chi connectivity index (χ0n) is 21.2. The van der Waals surface area contributed by atoms with Gasteiger partial charge in [0.1, 0.15) is 12.3 Å². The fourth-order valence-corrected chi connectivity index (χ4v) is 5.45. The highest BCUT2D eigenvalue weighted by Gasteiger charge is 2.27. The number of sulfonamides is 1. The number of morpholine rings is 1. The molecule has 1 N–H and O–H groups in total. The molecule has 4 rings (SSSR count). The van der Waals surface area contributed by atoms with Gasteiger partial charge >= 0.3 is 0 Å². The molecule has 1 saturated heterocycles. The van der Waals surface area contributed by atoms with Crippen LogP contribution in [0, 0.1) is 0 Å². The molecule has 0 saturated carbocycles. The third-order valence-electron chi connectivity index (χ3n) is 5.79. The summed E-state index contributed by atoms with van der Waals surface area (Å²) in [5, 5.41) is 4.62. The van der Waals surface area contributed by atoms with Crippen molar-refractivity contribution in [1.82, 2.24) is 10.3 Å². The van der Waals surface area contributed by atoms with E-state index in [1.165, 1.54) is 42.6 Å². The maximum Gasteiger partial charge on any atom is 0.264 e. The second-order valence-corrected chi connectivity index (χ2v) is 11.3. The average Bonchev–Trinajstić information content (AvgIpc) is 2.96. The van der Waals surface area contributed by atoms with E-state index in [9.17, 15) is 18.0 Å². The minimum atomic E-state index is -4.13. The summed E-state index contributed by atoms with van der Waals surface area (Å²) < 4.78 is 38.5. The van der Waals surface area contributed by atoms with Gasteiger partial charge < -0.3 is 14.4 Å². The molecule has 1 fully saturated rings. The Labute approximate surface area is 242 Å². The molecule has 0 atom stereocenters. The Hall–Kier alpha value is -3.64. The molecule has 0 aromatic heterocycles. The predicted molar refractivity (Wildman–Crippen MR) is 153 cm³/mol. The Morgan fingerprint density at radius 3 is 2.38 bits per heavy atom. The van der Waals surface area contributed by atoms with Gasteiger partial charge in [0.15, 0.2) is 6.61 Å². The summed E-state index contributed by atoms with van der Waals surface area (Å²) in [4.78, 5) is 26.6. The summed E-state index contributed by atoms with van der Waals surface area (Å²) in [6, 6.07) is 18.5. The number of anilines is 1. The van der Waals surface area contributed by atoms with Crippen LogP contribution in [0.2, 0.25) is 10.0 Å². The van der Waals surface area contributed by atoms with Crippen molar-refractivity contribution in [2.24, 2.45) is 5.10 Å². The number of nitrogens with one attached hydrogen (secondary N) is 1. The largest absolute Gasteiger partial charge is 0.484 e. The highest BCUT2D eigenvalue weighted by molar-refractivity contribution is 7.92. The van der Waals surface area contributed by atoms with Gasteiger partial charge in [-0.3, -0.25) is 13.9 Å². The molecule has 3 aromatic carbocycles. The van der Waals surface area contributed by atoms with Gasteiger partial charge in [-0.05, 0) is 72.3 Å². The minimum Gasteiger partial charge on any atom is -0.484 e. The van der Waals surface area contributed by atoms with Gasteiger partial charge in [0, 0.05) is 23.1 Å². The van der Waals surface area contributed by atoms with Crippen molar-refractivity contribution >= 4 is 56.9 Å². The molecule has 13 heteroatoms. The average molecular weight is 606 g/mol. The first kappa shape index (κ1) is 29.3. The third kappa shape index (κ3) is 7.95. The molecule has 10 nitrogen and oxygen atoms in total. The molecule has 210 valence electrons. The summed E-state index contributed by atoms with van der Waals surface area (Å²) in [5.74, 6) is -0.274. The van der Waals surface area contributed by atoms with Gasteiger partial charge in [0.05, 0.1) is 30.0 Å². The lowest BCUT2D eigenvalue weighted by molar-refractivity contribution is -0.137. The molecule has 2 amide bonds. The van der Waals surface area contributed by atoms with Crippen molar-refractivity contribution in [2.75, 3.05) is 43.8 Å². The standard InChI is InChI=1S/C27H26Cl2N4O6S/c28-21-6-10-25(11-7-21)40(36,37)33(23-3-1-2-22(29)16-23)18-26(34)31-30-17-20-4-8-24(9-5-20)39-19-27(35)32-12-14-38-15-13-32/h1-11,16-17H,12-15,18-19H2,(H,31,34)/b30-17-. The van der Waals surface area contributed by atoms with Gasteiger partial charge in [0.2, 0.25) is 0 Å². The predicted octanol–water partition coefficient (Wildman–Crippen LogP) is 3.58. The van der Waals surface area contributed by atoms with Crippen LogP contribution in [0.4, 0.5) is 5.69 Å². The molecule has 1 aliphatic rings.